The van der Waals surface area contributed by atoms with Gasteiger partial charge in [0.15, 0.2) is 17.6 Å². The Morgan fingerprint density at radius 2 is 1.74 bits per heavy atom. The van der Waals surface area contributed by atoms with Gasteiger partial charge in [-0.15, -0.1) is 0 Å². The topological polar surface area (TPSA) is 94.8 Å². The summed E-state index contributed by atoms with van der Waals surface area (Å²) in [7, 11) is 1.50. The summed E-state index contributed by atoms with van der Waals surface area (Å²) in [4.78, 5) is 38.2. The predicted octanol–water partition coefficient (Wildman–Crippen LogP) is 4.88. The van der Waals surface area contributed by atoms with Crippen LogP contribution in [0.25, 0.3) is 22.3 Å². The second-order valence-corrected chi connectivity index (χ2v) is 7.76. The average molecular weight is 457 g/mol. The molecule has 172 valence electrons. The molecule has 4 rings (SSSR count). The summed E-state index contributed by atoms with van der Waals surface area (Å²) in [5.74, 6) is -0.435. The lowest BCUT2D eigenvalue weighted by Crippen LogP contribution is -2.21. The van der Waals surface area contributed by atoms with Gasteiger partial charge in [-0.25, -0.2) is 4.79 Å². The molecular formula is C27H23NO6. The van der Waals surface area contributed by atoms with Crippen molar-refractivity contribution in [2.24, 2.45) is 0 Å². The fraction of sp³-hybridized carbons (Fsp3) is 0.148. The van der Waals surface area contributed by atoms with Crippen LogP contribution in [-0.2, 0) is 9.53 Å². The summed E-state index contributed by atoms with van der Waals surface area (Å²) in [6.45, 7) is 3.05. The number of amides is 1. The number of methoxy groups -OCH3 is 1. The van der Waals surface area contributed by atoms with Gasteiger partial charge in [0.25, 0.3) is 5.91 Å². The lowest BCUT2D eigenvalue weighted by molar-refractivity contribution is -0.119. The molecule has 0 spiro atoms. The van der Waals surface area contributed by atoms with E-state index < -0.39 is 18.5 Å². The first-order valence-corrected chi connectivity index (χ1v) is 10.6. The summed E-state index contributed by atoms with van der Waals surface area (Å²) in [5, 5.41) is 2.94. The van der Waals surface area contributed by atoms with Gasteiger partial charge in [-0.2, -0.15) is 0 Å². The minimum atomic E-state index is -0.775. The third kappa shape index (κ3) is 4.54. The van der Waals surface area contributed by atoms with Crippen molar-refractivity contribution in [3.05, 3.63) is 93.6 Å². The molecule has 0 unspecified atom stereocenters. The molecule has 3 aromatic carbocycles. The highest BCUT2D eigenvalue weighted by Gasteiger charge is 2.20. The largest absolute Gasteiger partial charge is 0.495 e. The molecule has 1 aromatic heterocycles. The van der Waals surface area contributed by atoms with E-state index in [1.54, 1.807) is 31.2 Å². The summed E-state index contributed by atoms with van der Waals surface area (Å²) in [6, 6.07) is 19.2. The Hall–Kier alpha value is -4.39. The summed E-state index contributed by atoms with van der Waals surface area (Å²) in [6.07, 6.45) is 0. The minimum absolute atomic E-state index is 0.0627. The van der Waals surface area contributed by atoms with Crippen LogP contribution in [0.1, 0.15) is 21.5 Å². The van der Waals surface area contributed by atoms with Crippen molar-refractivity contribution in [1.29, 1.82) is 0 Å². The maximum absolute atomic E-state index is 13.0. The van der Waals surface area contributed by atoms with Crippen LogP contribution in [0, 0.1) is 13.8 Å². The number of aryl methyl sites for hydroxylation is 1. The number of carbonyl (C=O) groups excluding carboxylic acids is 2. The van der Waals surface area contributed by atoms with Crippen molar-refractivity contribution < 1.29 is 23.5 Å². The van der Waals surface area contributed by atoms with Gasteiger partial charge in [0.2, 0.25) is 0 Å². The normalized spacial score (nSPS) is 10.7. The Labute approximate surface area is 195 Å². The first-order chi connectivity index (χ1) is 16.4. The monoisotopic (exact) mass is 457 g/mol. The van der Waals surface area contributed by atoms with E-state index in [0.717, 1.165) is 5.56 Å². The van der Waals surface area contributed by atoms with E-state index in [-0.39, 0.29) is 22.0 Å². The van der Waals surface area contributed by atoms with Crippen LogP contribution in [0.2, 0.25) is 0 Å². The van der Waals surface area contributed by atoms with E-state index in [9.17, 15) is 14.4 Å². The first kappa shape index (κ1) is 22.8. The van der Waals surface area contributed by atoms with Crippen molar-refractivity contribution in [2.75, 3.05) is 19.0 Å². The third-order valence-corrected chi connectivity index (χ3v) is 5.36. The molecule has 0 saturated carbocycles. The molecule has 1 heterocycles. The number of hydrogen-bond acceptors (Lipinski definition) is 6. The Morgan fingerprint density at radius 1 is 0.971 bits per heavy atom. The maximum Gasteiger partial charge on any atom is 0.342 e. The Kier molecular flexibility index (Phi) is 6.45. The molecule has 0 aliphatic rings. The number of nitrogens with one attached hydrogen (secondary N) is 1. The molecule has 0 fully saturated rings. The molecule has 1 amide bonds. The highest BCUT2D eigenvalue weighted by Crippen LogP contribution is 2.28. The number of fused-ring (bicyclic) bond motifs is 1. The lowest BCUT2D eigenvalue weighted by atomic mass is 10.0. The number of para-hydroxylation sites is 1. The smallest absolute Gasteiger partial charge is 0.342 e. The molecule has 0 aliphatic heterocycles. The van der Waals surface area contributed by atoms with Gasteiger partial charge in [0.1, 0.15) is 17.1 Å². The van der Waals surface area contributed by atoms with Crippen LogP contribution in [-0.4, -0.2) is 25.6 Å². The van der Waals surface area contributed by atoms with E-state index >= 15 is 0 Å². The van der Waals surface area contributed by atoms with Crippen molar-refractivity contribution in [3.63, 3.8) is 0 Å². The summed E-state index contributed by atoms with van der Waals surface area (Å²) in [5.41, 5.74) is 2.50. The van der Waals surface area contributed by atoms with Crippen molar-refractivity contribution in [1.82, 2.24) is 0 Å². The third-order valence-electron chi connectivity index (χ3n) is 5.36. The SMILES string of the molecule is COc1ccc(C)cc1NC(=O)COC(=O)c1cccc2c(=O)c(C)c(-c3ccccc3)oc12. The van der Waals surface area contributed by atoms with Gasteiger partial charge in [-0.1, -0.05) is 42.5 Å². The number of ether oxygens (including phenoxy) is 2. The molecule has 0 saturated heterocycles. The van der Waals surface area contributed by atoms with Gasteiger partial charge in [0, 0.05) is 11.1 Å². The quantitative estimate of drug-likeness (QED) is 0.415. The summed E-state index contributed by atoms with van der Waals surface area (Å²) < 4.78 is 16.5. The number of hydrogen-bond donors (Lipinski definition) is 1. The van der Waals surface area contributed by atoms with Gasteiger partial charge in [-0.3, -0.25) is 9.59 Å². The second kappa shape index (κ2) is 9.62. The van der Waals surface area contributed by atoms with E-state index in [0.29, 0.717) is 28.3 Å². The fourth-order valence-electron chi connectivity index (χ4n) is 3.65. The van der Waals surface area contributed by atoms with Gasteiger partial charge >= 0.3 is 5.97 Å². The molecular weight excluding hydrogens is 434 g/mol. The standard InChI is InChI=1S/C27H23NO6/c1-16-12-13-22(32-3)21(14-16)28-23(29)15-33-27(31)20-11-7-10-19-24(30)17(2)25(34-26(19)20)18-8-5-4-6-9-18/h4-14H,15H2,1-3H3,(H,28,29). The van der Waals surface area contributed by atoms with Crippen LogP contribution >= 0.6 is 0 Å². The number of anilines is 1. The Balaban J connectivity index is 1.59. The van der Waals surface area contributed by atoms with E-state index in [4.69, 9.17) is 13.9 Å². The van der Waals surface area contributed by atoms with Crippen LogP contribution in [0.3, 0.4) is 0 Å². The van der Waals surface area contributed by atoms with Crippen molar-refractivity contribution in [3.8, 4) is 17.1 Å². The molecule has 0 aliphatic carbocycles. The number of carbonyl (C=O) groups is 2. The minimum Gasteiger partial charge on any atom is -0.495 e. The number of esters is 1. The molecule has 0 atom stereocenters. The highest BCUT2D eigenvalue weighted by molar-refractivity contribution is 6.03. The molecule has 7 nitrogen and oxygen atoms in total. The van der Waals surface area contributed by atoms with E-state index in [1.807, 2.05) is 43.3 Å². The molecule has 0 radical (unpaired) electrons. The molecule has 7 heteroatoms. The van der Waals surface area contributed by atoms with E-state index in [2.05, 4.69) is 5.32 Å². The van der Waals surface area contributed by atoms with Crippen LogP contribution < -0.4 is 15.5 Å². The van der Waals surface area contributed by atoms with Crippen molar-refractivity contribution >= 4 is 28.5 Å². The molecule has 4 aromatic rings. The Morgan fingerprint density at radius 3 is 2.47 bits per heavy atom. The zero-order valence-electron chi connectivity index (χ0n) is 19.0. The summed E-state index contributed by atoms with van der Waals surface area (Å²) >= 11 is 0. The maximum atomic E-state index is 13.0. The first-order valence-electron chi connectivity index (χ1n) is 10.6. The fourth-order valence-corrected chi connectivity index (χ4v) is 3.65. The Bertz CT molecular complexity index is 1440. The molecule has 0 bridgehead atoms. The van der Waals surface area contributed by atoms with Crippen molar-refractivity contribution in [2.45, 2.75) is 13.8 Å². The zero-order chi connectivity index (χ0) is 24.2. The average Bonchev–Trinajstić information content (AvgIpc) is 2.85. The van der Waals surface area contributed by atoms with Crippen LogP contribution in [0.4, 0.5) is 5.69 Å². The van der Waals surface area contributed by atoms with Gasteiger partial charge in [0.05, 0.1) is 18.2 Å². The van der Waals surface area contributed by atoms with Crippen LogP contribution in [0.5, 0.6) is 5.75 Å². The van der Waals surface area contributed by atoms with Gasteiger partial charge < -0.3 is 19.2 Å². The molecule has 1 N–H and O–H groups in total. The predicted molar refractivity (Wildman–Crippen MR) is 129 cm³/mol. The number of rotatable bonds is 6. The van der Waals surface area contributed by atoms with Gasteiger partial charge in [-0.05, 0) is 43.7 Å². The molecule has 34 heavy (non-hydrogen) atoms. The highest BCUT2D eigenvalue weighted by atomic mass is 16.5. The second-order valence-electron chi connectivity index (χ2n) is 7.76. The zero-order valence-corrected chi connectivity index (χ0v) is 19.0. The van der Waals surface area contributed by atoms with E-state index in [1.165, 1.54) is 13.2 Å². The van der Waals surface area contributed by atoms with Crippen LogP contribution in [0.15, 0.2) is 75.9 Å². The number of benzene rings is 3. The lowest BCUT2D eigenvalue weighted by Gasteiger charge is -2.12.